The molecule has 0 fully saturated rings. The number of aryl methyl sites for hydroxylation is 1. The summed E-state index contributed by atoms with van der Waals surface area (Å²) in [5, 5.41) is 3.61. The first-order valence-electron chi connectivity index (χ1n) is 6.39. The second-order valence-electron chi connectivity index (χ2n) is 4.70. The zero-order valence-corrected chi connectivity index (χ0v) is 11.3. The Morgan fingerprint density at radius 2 is 1.80 bits per heavy atom. The van der Waals surface area contributed by atoms with Crippen molar-refractivity contribution in [3.05, 3.63) is 75.7 Å². The van der Waals surface area contributed by atoms with Gasteiger partial charge in [-0.25, -0.2) is 0 Å². The molecule has 0 spiro atoms. The third-order valence-electron chi connectivity index (χ3n) is 3.05. The SMILES string of the molecule is Cc1ccc(CC(=O)Cc2ccccc2N=[N+]=[N-])cc1. The molecule has 0 amide bonds. The molecule has 0 unspecified atom stereocenters. The van der Waals surface area contributed by atoms with E-state index in [1.807, 2.05) is 43.3 Å². The van der Waals surface area contributed by atoms with Crippen LogP contribution in [0.15, 0.2) is 53.6 Å². The molecular weight excluding hydrogens is 250 g/mol. The first kappa shape index (κ1) is 13.8. The number of Topliss-reactive ketones (excluding diaryl/α,β-unsaturated/α-hetero) is 1. The van der Waals surface area contributed by atoms with Crippen molar-refractivity contribution < 1.29 is 4.79 Å². The minimum absolute atomic E-state index is 0.106. The average molecular weight is 265 g/mol. The van der Waals surface area contributed by atoms with Crippen LogP contribution < -0.4 is 0 Å². The minimum Gasteiger partial charge on any atom is -0.299 e. The van der Waals surface area contributed by atoms with Gasteiger partial charge in [-0.2, -0.15) is 0 Å². The van der Waals surface area contributed by atoms with Gasteiger partial charge in [-0.1, -0.05) is 59.2 Å². The Morgan fingerprint density at radius 1 is 1.10 bits per heavy atom. The van der Waals surface area contributed by atoms with Crippen LogP contribution in [0.5, 0.6) is 0 Å². The van der Waals surface area contributed by atoms with Gasteiger partial charge in [0.2, 0.25) is 0 Å². The average Bonchev–Trinajstić information content (AvgIpc) is 2.44. The maximum atomic E-state index is 12.1. The lowest BCUT2D eigenvalue weighted by molar-refractivity contribution is -0.117. The van der Waals surface area contributed by atoms with Gasteiger partial charge in [-0.3, -0.25) is 4.79 Å². The quantitative estimate of drug-likeness (QED) is 0.451. The molecule has 4 heteroatoms. The standard InChI is InChI=1S/C16H15N3O/c1-12-6-8-13(9-7-12)10-15(20)11-14-4-2-3-5-16(14)18-19-17/h2-9H,10-11H2,1H3. The molecular formula is C16H15N3O. The Labute approximate surface area is 117 Å². The number of nitrogens with zero attached hydrogens (tertiary/aromatic N) is 3. The summed E-state index contributed by atoms with van der Waals surface area (Å²) in [5.41, 5.74) is 12.0. The van der Waals surface area contributed by atoms with E-state index < -0.39 is 0 Å². The number of azide groups is 1. The maximum absolute atomic E-state index is 12.1. The number of hydrogen-bond donors (Lipinski definition) is 0. The first-order chi connectivity index (χ1) is 9.69. The van der Waals surface area contributed by atoms with Gasteiger partial charge in [-0.05, 0) is 23.6 Å². The van der Waals surface area contributed by atoms with Gasteiger partial charge in [0.05, 0.1) is 0 Å². The van der Waals surface area contributed by atoms with Crippen molar-refractivity contribution in [1.82, 2.24) is 0 Å². The predicted molar refractivity (Wildman–Crippen MR) is 78.8 cm³/mol. The van der Waals surface area contributed by atoms with E-state index in [1.54, 1.807) is 12.1 Å². The largest absolute Gasteiger partial charge is 0.299 e. The van der Waals surface area contributed by atoms with Crippen LogP contribution in [-0.4, -0.2) is 5.78 Å². The third kappa shape index (κ3) is 3.70. The molecule has 0 aliphatic rings. The lowest BCUT2D eigenvalue weighted by Crippen LogP contribution is -2.06. The van der Waals surface area contributed by atoms with Gasteiger partial charge in [0, 0.05) is 23.4 Å². The Balaban J connectivity index is 2.08. The molecule has 0 aromatic heterocycles. The van der Waals surface area contributed by atoms with E-state index in [0.717, 1.165) is 11.1 Å². The summed E-state index contributed by atoms with van der Waals surface area (Å²) in [4.78, 5) is 14.9. The number of carbonyl (C=O) groups is 1. The third-order valence-corrected chi connectivity index (χ3v) is 3.05. The molecule has 0 aliphatic heterocycles. The highest BCUT2D eigenvalue weighted by atomic mass is 16.1. The van der Waals surface area contributed by atoms with E-state index in [2.05, 4.69) is 10.0 Å². The minimum atomic E-state index is 0.106. The molecule has 0 heterocycles. The zero-order chi connectivity index (χ0) is 14.4. The molecule has 0 bridgehead atoms. The number of rotatable bonds is 5. The molecule has 2 aromatic rings. The second-order valence-corrected chi connectivity index (χ2v) is 4.70. The fraction of sp³-hybridized carbons (Fsp3) is 0.188. The zero-order valence-electron chi connectivity index (χ0n) is 11.3. The Hall–Kier alpha value is -2.58. The van der Waals surface area contributed by atoms with Gasteiger partial charge in [-0.15, -0.1) is 0 Å². The molecule has 0 saturated heterocycles. The predicted octanol–water partition coefficient (Wildman–Crippen LogP) is 4.29. The lowest BCUT2D eigenvalue weighted by Gasteiger charge is -2.05. The normalized spacial score (nSPS) is 9.85. The van der Waals surface area contributed by atoms with Crippen molar-refractivity contribution in [2.45, 2.75) is 19.8 Å². The molecule has 0 radical (unpaired) electrons. The van der Waals surface area contributed by atoms with E-state index in [4.69, 9.17) is 5.53 Å². The molecule has 0 atom stereocenters. The van der Waals surface area contributed by atoms with E-state index in [1.165, 1.54) is 5.56 Å². The fourth-order valence-electron chi connectivity index (χ4n) is 2.01. The summed E-state index contributed by atoms with van der Waals surface area (Å²) in [5.74, 6) is 0.106. The summed E-state index contributed by atoms with van der Waals surface area (Å²) in [6.07, 6.45) is 0.675. The summed E-state index contributed by atoms with van der Waals surface area (Å²) in [6.45, 7) is 2.02. The Morgan fingerprint density at radius 3 is 2.50 bits per heavy atom. The topological polar surface area (TPSA) is 65.8 Å². The van der Waals surface area contributed by atoms with Gasteiger partial charge in [0.25, 0.3) is 0 Å². The van der Waals surface area contributed by atoms with Crippen molar-refractivity contribution in [2.24, 2.45) is 5.11 Å². The van der Waals surface area contributed by atoms with Gasteiger partial charge < -0.3 is 0 Å². The molecule has 2 aromatic carbocycles. The summed E-state index contributed by atoms with van der Waals surface area (Å²) < 4.78 is 0. The first-order valence-corrected chi connectivity index (χ1v) is 6.39. The van der Waals surface area contributed by atoms with Crippen LogP contribution >= 0.6 is 0 Å². The highest BCUT2D eigenvalue weighted by molar-refractivity contribution is 5.84. The van der Waals surface area contributed by atoms with Crippen LogP contribution in [0.3, 0.4) is 0 Å². The molecule has 4 nitrogen and oxygen atoms in total. The molecule has 20 heavy (non-hydrogen) atoms. The molecule has 100 valence electrons. The monoisotopic (exact) mass is 265 g/mol. The van der Waals surface area contributed by atoms with E-state index in [9.17, 15) is 4.79 Å². The van der Waals surface area contributed by atoms with Crippen molar-refractivity contribution >= 4 is 11.5 Å². The highest BCUT2D eigenvalue weighted by Gasteiger charge is 2.08. The van der Waals surface area contributed by atoms with Crippen LogP contribution in [0, 0.1) is 6.92 Å². The lowest BCUT2D eigenvalue weighted by atomic mass is 10.0. The maximum Gasteiger partial charge on any atom is 0.141 e. The molecule has 0 aliphatic carbocycles. The Kier molecular flexibility index (Phi) is 4.53. The van der Waals surface area contributed by atoms with Gasteiger partial charge in [0.15, 0.2) is 0 Å². The van der Waals surface area contributed by atoms with Crippen LogP contribution in [0.25, 0.3) is 10.4 Å². The number of benzene rings is 2. The van der Waals surface area contributed by atoms with Crippen molar-refractivity contribution in [3.8, 4) is 0 Å². The van der Waals surface area contributed by atoms with Gasteiger partial charge >= 0.3 is 0 Å². The number of ketones is 1. The summed E-state index contributed by atoms with van der Waals surface area (Å²) >= 11 is 0. The Bertz CT molecular complexity index is 656. The molecule has 0 saturated carbocycles. The van der Waals surface area contributed by atoms with Crippen molar-refractivity contribution in [1.29, 1.82) is 0 Å². The van der Waals surface area contributed by atoms with E-state index in [-0.39, 0.29) is 12.2 Å². The van der Waals surface area contributed by atoms with Crippen LogP contribution in [0.4, 0.5) is 5.69 Å². The smallest absolute Gasteiger partial charge is 0.141 e. The van der Waals surface area contributed by atoms with Crippen LogP contribution in [0.1, 0.15) is 16.7 Å². The second kappa shape index (κ2) is 6.55. The van der Waals surface area contributed by atoms with Gasteiger partial charge in [0.1, 0.15) is 5.78 Å². The summed E-state index contributed by atoms with van der Waals surface area (Å²) in [7, 11) is 0. The number of hydrogen-bond acceptors (Lipinski definition) is 2. The van der Waals surface area contributed by atoms with Crippen molar-refractivity contribution in [3.63, 3.8) is 0 Å². The fourth-order valence-corrected chi connectivity index (χ4v) is 2.01. The van der Waals surface area contributed by atoms with E-state index in [0.29, 0.717) is 12.1 Å². The summed E-state index contributed by atoms with van der Waals surface area (Å²) in [6, 6.07) is 15.1. The van der Waals surface area contributed by atoms with Crippen LogP contribution in [0.2, 0.25) is 0 Å². The van der Waals surface area contributed by atoms with Crippen LogP contribution in [-0.2, 0) is 17.6 Å². The van der Waals surface area contributed by atoms with Crippen molar-refractivity contribution in [2.75, 3.05) is 0 Å². The molecule has 0 N–H and O–H groups in total. The van der Waals surface area contributed by atoms with E-state index >= 15 is 0 Å². The number of carbonyl (C=O) groups excluding carboxylic acids is 1. The highest BCUT2D eigenvalue weighted by Crippen LogP contribution is 2.20. The molecule has 2 rings (SSSR count).